The summed E-state index contributed by atoms with van der Waals surface area (Å²) in [7, 11) is 0. The summed E-state index contributed by atoms with van der Waals surface area (Å²) in [5, 5.41) is 12.1. The molecule has 29 heavy (non-hydrogen) atoms. The molecule has 0 aliphatic heterocycles. The number of thiazole rings is 1. The zero-order valence-electron chi connectivity index (χ0n) is 14.9. The Labute approximate surface area is 167 Å². The maximum absolute atomic E-state index is 13.9. The molecule has 0 aliphatic carbocycles. The minimum absolute atomic E-state index is 0.0356. The van der Waals surface area contributed by atoms with E-state index >= 15 is 0 Å². The standard InChI is InChI=1S/C20H13F4N3OS/c1-11-17(18(28)27-16(10-25)14-4-2-3-5-15(14)21)29-19(26-11)12-6-8-13(9-7-12)20(22,23)24/h2-9,16H,1H3,(H,27,28). The summed E-state index contributed by atoms with van der Waals surface area (Å²) in [6, 6.07) is 10.7. The number of rotatable bonds is 4. The number of halogens is 4. The van der Waals surface area contributed by atoms with Crippen molar-refractivity contribution in [2.24, 2.45) is 0 Å². The number of nitriles is 1. The quantitative estimate of drug-likeness (QED) is 0.586. The third-order valence-corrected chi connectivity index (χ3v) is 5.29. The Bertz CT molecular complexity index is 1080. The third kappa shape index (κ3) is 4.43. The van der Waals surface area contributed by atoms with E-state index in [4.69, 9.17) is 0 Å². The molecule has 0 radical (unpaired) electrons. The van der Waals surface area contributed by atoms with Gasteiger partial charge in [-0.15, -0.1) is 11.3 Å². The highest BCUT2D eigenvalue weighted by Gasteiger charge is 2.30. The Morgan fingerprint density at radius 2 is 1.83 bits per heavy atom. The molecule has 1 unspecified atom stereocenters. The van der Waals surface area contributed by atoms with E-state index in [0.29, 0.717) is 16.3 Å². The van der Waals surface area contributed by atoms with E-state index in [0.717, 1.165) is 23.5 Å². The van der Waals surface area contributed by atoms with Gasteiger partial charge >= 0.3 is 6.18 Å². The molecule has 1 atom stereocenters. The molecule has 0 saturated heterocycles. The number of amides is 1. The molecule has 148 valence electrons. The van der Waals surface area contributed by atoms with E-state index in [2.05, 4.69) is 10.3 Å². The second-order valence-electron chi connectivity index (χ2n) is 6.07. The summed E-state index contributed by atoms with van der Waals surface area (Å²) in [5.74, 6) is -1.24. The predicted molar refractivity (Wildman–Crippen MR) is 99.5 cm³/mol. The molecular weight excluding hydrogens is 406 g/mol. The molecule has 3 rings (SSSR count). The second kappa shape index (κ2) is 8.01. The van der Waals surface area contributed by atoms with Crippen LogP contribution in [0.3, 0.4) is 0 Å². The van der Waals surface area contributed by atoms with E-state index in [9.17, 15) is 27.6 Å². The maximum Gasteiger partial charge on any atom is 0.416 e. The van der Waals surface area contributed by atoms with Crippen LogP contribution < -0.4 is 5.32 Å². The number of aromatic nitrogens is 1. The number of nitrogens with zero attached hydrogens (tertiary/aromatic N) is 2. The van der Waals surface area contributed by atoms with Gasteiger partial charge in [-0.25, -0.2) is 9.37 Å². The van der Waals surface area contributed by atoms with Gasteiger partial charge < -0.3 is 5.32 Å². The molecule has 0 aliphatic rings. The van der Waals surface area contributed by atoms with E-state index in [1.54, 1.807) is 13.0 Å². The summed E-state index contributed by atoms with van der Waals surface area (Å²) in [5.41, 5.74) is 0.0337. The van der Waals surface area contributed by atoms with Crippen molar-refractivity contribution in [3.05, 3.63) is 76.0 Å². The van der Waals surface area contributed by atoms with Crippen molar-refractivity contribution in [3.63, 3.8) is 0 Å². The lowest BCUT2D eigenvalue weighted by molar-refractivity contribution is -0.137. The number of alkyl halides is 3. The maximum atomic E-state index is 13.9. The highest BCUT2D eigenvalue weighted by Crippen LogP contribution is 2.33. The number of carbonyl (C=O) groups is 1. The van der Waals surface area contributed by atoms with Gasteiger partial charge in [-0.05, 0) is 25.1 Å². The summed E-state index contributed by atoms with van der Waals surface area (Å²) < 4.78 is 52.0. The Hall–Kier alpha value is -3.25. The number of aryl methyl sites for hydroxylation is 1. The molecule has 0 bridgehead atoms. The van der Waals surface area contributed by atoms with Crippen molar-refractivity contribution in [2.45, 2.75) is 19.1 Å². The fraction of sp³-hybridized carbons (Fsp3) is 0.150. The van der Waals surface area contributed by atoms with Gasteiger partial charge in [-0.3, -0.25) is 4.79 Å². The third-order valence-electron chi connectivity index (χ3n) is 4.08. The summed E-state index contributed by atoms with van der Waals surface area (Å²) in [6.07, 6.45) is -4.44. The Morgan fingerprint density at radius 1 is 1.17 bits per heavy atom. The van der Waals surface area contributed by atoms with Crippen LogP contribution in [0.5, 0.6) is 0 Å². The Morgan fingerprint density at radius 3 is 2.41 bits per heavy atom. The van der Waals surface area contributed by atoms with Crippen LogP contribution in [0.4, 0.5) is 17.6 Å². The first kappa shape index (κ1) is 20.5. The van der Waals surface area contributed by atoms with Crippen LogP contribution in [0.25, 0.3) is 10.6 Å². The largest absolute Gasteiger partial charge is 0.416 e. The molecule has 1 heterocycles. The number of carbonyl (C=O) groups excluding carboxylic acids is 1. The highest BCUT2D eigenvalue weighted by atomic mass is 32.1. The smallest absolute Gasteiger partial charge is 0.332 e. The van der Waals surface area contributed by atoms with Crippen molar-refractivity contribution in [3.8, 4) is 16.6 Å². The van der Waals surface area contributed by atoms with Crippen LogP contribution in [0, 0.1) is 24.1 Å². The summed E-state index contributed by atoms with van der Waals surface area (Å²) >= 11 is 0.978. The zero-order chi connectivity index (χ0) is 21.2. The first-order chi connectivity index (χ1) is 13.7. The lowest BCUT2D eigenvalue weighted by atomic mass is 10.1. The van der Waals surface area contributed by atoms with Crippen molar-refractivity contribution >= 4 is 17.2 Å². The molecule has 2 aromatic carbocycles. The minimum Gasteiger partial charge on any atom is -0.332 e. The SMILES string of the molecule is Cc1nc(-c2ccc(C(F)(F)F)cc2)sc1C(=O)NC(C#N)c1ccccc1F. The van der Waals surface area contributed by atoms with Crippen LogP contribution in [0.15, 0.2) is 48.5 Å². The predicted octanol–water partition coefficient (Wildman–Crippen LogP) is 5.27. The lowest BCUT2D eigenvalue weighted by Crippen LogP contribution is -2.28. The zero-order valence-corrected chi connectivity index (χ0v) is 15.7. The first-order valence-electron chi connectivity index (χ1n) is 8.30. The molecule has 0 fully saturated rings. The van der Waals surface area contributed by atoms with Gasteiger partial charge in [0.1, 0.15) is 21.7 Å². The molecule has 9 heteroatoms. The number of hydrogen-bond acceptors (Lipinski definition) is 4. The lowest BCUT2D eigenvalue weighted by Gasteiger charge is -2.12. The Kier molecular flexibility index (Phi) is 5.66. The topological polar surface area (TPSA) is 65.8 Å². The highest BCUT2D eigenvalue weighted by molar-refractivity contribution is 7.17. The average molecular weight is 419 g/mol. The molecule has 1 amide bonds. The van der Waals surface area contributed by atoms with Gasteiger partial charge in [0.05, 0.1) is 17.3 Å². The van der Waals surface area contributed by atoms with Gasteiger partial charge in [-0.1, -0.05) is 30.3 Å². The van der Waals surface area contributed by atoms with E-state index in [1.807, 2.05) is 6.07 Å². The Balaban J connectivity index is 1.83. The molecule has 0 spiro atoms. The van der Waals surface area contributed by atoms with Gasteiger partial charge in [-0.2, -0.15) is 18.4 Å². The van der Waals surface area contributed by atoms with Gasteiger partial charge in [0.15, 0.2) is 0 Å². The minimum atomic E-state index is -4.44. The van der Waals surface area contributed by atoms with Crippen LogP contribution in [0.2, 0.25) is 0 Å². The molecule has 0 saturated carbocycles. The van der Waals surface area contributed by atoms with Gasteiger partial charge in [0, 0.05) is 11.1 Å². The van der Waals surface area contributed by atoms with Gasteiger partial charge in [0.2, 0.25) is 0 Å². The van der Waals surface area contributed by atoms with Crippen molar-refractivity contribution in [1.29, 1.82) is 5.26 Å². The number of hydrogen-bond donors (Lipinski definition) is 1. The summed E-state index contributed by atoms with van der Waals surface area (Å²) in [4.78, 5) is 17.0. The second-order valence-corrected chi connectivity index (χ2v) is 7.06. The van der Waals surface area contributed by atoms with Crippen LogP contribution >= 0.6 is 11.3 Å². The van der Waals surface area contributed by atoms with Crippen molar-refractivity contribution in [1.82, 2.24) is 10.3 Å². The molecule has 1 aromatic heterocycles. The summed E-state index contributed by atoms with van der Waals surface area (Å²) in [6.45, 7) is 1.57. The monoisotopic (exact) mass is 419 g/mol. The van der Waals surface area contributed by atoms with Crippen LogP contribution in [-0.4, -0.2) is 10.9 Å². The van der Waals surface area contributed by atoms with Crippen LogP contribution in [0.1, 0.15) is 32.5 Å². The molecule has 1 N–H and O–H groups in total. The van der Waals surface area contributed by atoms with Crippen LogP contribution in [-0.2, 0) is 6.18 Å². The fourth-order valence-electron chi connectivity index (χ4n) is 2.62. The fourth-order valence-corrected chi connectivity index (χ4v) is 3.59. The van der Waals surface area contributed by atoms with Crippen molar-refractivity contribution < 1.29 is 22.4 Å². The normalized spacial score (nSPS) is 12.3. The van der Waals surface area contributed by atoms with E-state index in [-0.39, 0.29) is 10.4 Å². The van der Waals surface area contributed by atoms with Crippen molar-refractivity contribution in [2.75, 3.05) is 0 Å². The average Bonchev–Trinajstić information content (AvgIpc) is 3.08. The number of nitrogens with one attached hydrogen (secondary N) is 1. The van der Waals surface area contributed by atoms with Gasteiger partial charge in [0.25, 0.3) is 5.91 Å². The molecular formula is C20H13F4N3OS. The van der Waals surface area contributed by atoms with E-state index in [1.165, 1.54) is 30.3 Å². The molecule has 3 aromatic rings. The van der Waals surface area contributed by atoms with E-state index < -0.39 is 29.5 Å². The molecule has 4 nitrogen and oxygen atoms in total. The number of benzene rings is 2. The first-order valence-corrected chi connectivity index (χ1v) is 9.12.